The first-order valence-electron chi connectivity index (χ1n) is 31.6. The number of carboxylic acid groups (broad SMARTS) is 1. The zero-order valence-corrected chi connectivity index (χ0v) is 51.9. The van der Waals surface area contributed by atoms with E-state index in [4.69, 9.17) is 105 Å². The topological polar surface area (TPSA) is 231 Å². The molecular weight excluding hydrogens is 1090 g/mol. The Morgan fingerprint density at radius 2 is 0.301 bits per heavy atom. The molecule has 0 aliphatic heterocycles. The second-order valence-electron chi connectivity index (χ2n) is 19.0. The molecule has 23 heteroatoms. The number of carbonyl (C=O) groups is 1. The van der Waals surface area contributed by atoms with Gasteiger partial charge in [0.1, 0.15) is 6.61 Å². The number of hydrogen-bond acceptors (Lipinski definition) is 22. The highest BCUT2D eigenvalue weighted by Gasteiger charge is 2.02. The second kappa shape index (κ2) is 78.6. The van der Waals surface area contributed by atoms with Gasteiger partial charge in [-0.15, -0.1) is 0 Å². The Labute approximate surface area is 501 Å². The average Bonchev–Trinajstić information content (AvgIpc) is 3.48. The summed E-state index contributed by atoms with van der Waals surface area (Å²) >= 11 is 0. The smallest absolute Gasteiger partial charge is 0.329 e. The van der Waals surface area contributed by atoms with Gasteiger partial charge in [-0.25, -0.2) is 4.79 Å². The Kier molecular flexibility index (Phi) is 77.3. The summed E-state index contributed by atoms with van der Waals surface area (Å²) in [5.41, 5.74) is 0. The molecule has 1 N–H and O–H groups in total. The van der Waals surface area contributed by atoms with Gasteiger partial charge in [0, 0.05) is 6.61 Å². The number of hydrogen-bond donors (Lipinski definition) is 1. The fourth-order valence-corrected chi connectivity index (χ4v) is 7.31. The predicted molar refractivity (Wildman–Crippen MR) is 314 cm³/mol. The summed E-state index contributed by atoms with van der Waals surface area (Å²) < 4.78 is 115. The lowest BCUT2D eigenvalue weighted by atomic mass is 10.0. The lowest BCUT2D eigenvalue weighted by molar-refractivity contribution is -0.142. The standard InChI is InChI=1S/C60H120O23/c1-2-3-4-5-6-7-8-9-10-11-12-13-14-15-16-17-18-63-19-20-64-21-22-65-23-24-66-25-26-67-27-28-68-29-30-69-31-32-70-33-34-71-35-36-72-37-38-73-39-40-74-41-42-75-43-44-76-45-46-77-47-48-78-49-50-79-51-52-80-53-54-81-55-56-82-57-58-83-59-60(61)62/h2-59H2,1H3,(H,61,62). The van der Waals surface area contributed by atoms with Crippen molar-refractivity contribution in [3.05, 3.63) is 0 Å². The molecule has 0 aromatic carbocycles. The quantitative estimate of drug-likeness (QED) is 0.0626. The number of carboxylic acids is 1. The molecule has 0 saturated carbocycles. The maximum atomic E-state index is 10.3. The molecule has 0 aromatic heterocycles. The number of unbranched alkanes of at least 4 members (excludes halogenated alkanes) is 15. The van der Waals surface area contributed by atoms with Gasteiger partial charge in [0.2, 0.25) is 0 Å². The van der Waals surface area contributed by atoms with Crippen molar-refractivity contribution in [1.82, 2.24) is 0 Å². The van der Waals surface area contributed by atoms with E-state index in [9.17, 15) is 4.79 Å². The summed E-state index contributed by atoms with van der Waals surface area (Å²) in [6, 6.07) is 0. The maximum Gasteiger partial charge on any atom is 0.329 e. The van der Waals surface area contributed by atoms with Crippen LogP contribution < -0.4 is 0 Å². The molecular formula is C60H120O23. The fourth-order valence-electron chi connectivity index (χ4n) is 7.31. The van der Waals surface area contributed by atoms with E-state index >= 15 is 0 Å². The van der Waals surface area contributed by atoms with Gasteiger partial charge in [-0.05, 0) is 6.42 Å². The molecule has 0 aliphatic rings. The van der Waals surface area contributed by atoms with Crippen LogP contribution in [0.1, 0.15) is 110 Å². The summed E-state index contributed by atoms with van der Waals surface area (Å²) in [5, 5.41) is 8.46. The number of ether oxygens (including phenoxy) is 21. The normalized spacial score (nSPS) is 11.7. The van der Waals surface area contributed by atoms with Gasteiger partial charge in [-0.1, -0.05) is 103 Å². The molecule has 0 radical (unpaired) electrons. The molecule has 0 unspecified atom stereocenters. The first-order chi connectivity index (χ1) is 41.3. The minimum Gasteiger partial charge on any atom is -0.480 e. The van der Waals surface area contributed by atoms with Crippen LogP contribution in [-0.4, -0.2) is 289 Å². The molecule has 0 heterocycles. The SMILES string of the molecule is CCCCCCCCCCCCCCCCCCOCCOCCOCCOCCOCCOCCOCCOCCOCCOCCOCCOCCOCCOCCOCCOCCOCCOCCOCCOCCOCC(=O)O. The van der Waals surface area contributed by atoms with Crippen molar-refractivity contribution >= 4 is 5.97 Å². The summed E-state index contributed by atoms with van der Waals surface area (Å²) in [7, 11) is 0. The molecule has 0 aromatic rings. The summed E-state index contributed by atoms with van der Waals surface area (Å²) in [6.07, 6.45) is 22.1. The van der Waals surface area contributed by atoms with E-state index in [0.717, 1.165) is 13.0 Å². The van der Waals surface area contributed by atoms with Gasteiger partial charge in [0.05, 0.1) is 264 Å². The zero-order valence-electron chi connectivity index (χ0n) is 51.9. The van der Waals surface area contributed by atoms with Gasteiger partial charge in [0.15, 0.2) is 0 Å². The van der Waals surface area contributed by atoms with E-state index in [1.807, 2.05) is 0 Å². The zero-order chi connectivity index (χ0) is 59.4. The number of aliphatic carboxylic acids is 1. The van der Waals surface area contributed by atoms with Crippen molar-refractivity contribution in [3.63, 3.8) is 0 Å². The Morgan fingerprint density at radius 1 is 0.181 bits per heavy atom. The minimum atomic E-state index is -1.000. The second-order valence-corrected chi connectivity index (χ2v) is 19.0. The monoisotopic (exact) mass is 1210 g/mol. The molecule has 0 saturated heterocycles. The lowest BCUT2D eigenvalue weighted by Gasteiger charge is -2.09. The van der Waals surface area contributed by atoms with Crippen LogP contribution in [0.4, 0.5) is 0 Å². The van der Waals surface area contributed by atoms with Crippen LogP contribution in [0, 0.1) is 0 Å². The predicted octanol–water partition coefficient (Wildman–Crippen LogP) is 6.68. The van der Waals surface area contributed by atoms with E-state index < -0.39 is 5.97 Å². The summed E-state index contributed by atoms with van der Waals surface area (Å²) in [6.45, 7) is 22.2. The Hall–Kier alpha value is -1.37. The summed E-state index contributed by atoms with van der Waals surface area (Å²) in [4.78, 5) is 10.3. The first-order valence-corrected chi connectivity index (χ1v) is 31.6. The van der Waals surface area contributed by atoms with Crippen molar-refractivity contribution < 1.29 is 109 Å². The number of rotatable bonds is 79. The first kappa shape index (κ1) is 81.6. The third-order valence-electron chi connectivity index (χ3n) is 11.8. The third-order valence-corrected chi connectivity index (χ3v) is 11.8. The molecule has 498 valence electrons. The Bertz CT molecular complexity index is 1160. The van der Waals surface area contributed by atoms with Crippen molar-refractivity contribution in [2.75, 3.05) is 277 Å². The molecule has 0 fully saturated rings. The molecule has 0 amide bonds. The minimum absolute atomic E-state index is 0.235. The molecule has 0 bridgehead atoms. The van der Waals surface area contributed by atoms with Gasteiger partial charge < -0.3 is 105 Å². The van der Waals surface area contributed by atoms with E-state index in [2.05, 4.69) is 6.92 Å². The highest BCUT2D eigenvalue weighted by molar-refractivity contribution is 5.67. The van der Waals surface area contributed by atoms with Crippen molar-refractivity contribution in [2.24, 2.45) is 0 Å². The van der Waals surface area contributed by atoms with Crippen LogP contribution in [-0.2, 0) is 104 Å². The van der Waals surface area contributed by atoms with E-state index in [-0.39, 0.29) is 13.2 Å². The van der Waals surface area contributed by atoms with Crippen LogP contribution in [0.15, 0.2) is 0 Å². The van der Waals surface area contributed by atoms with E-state index in [1.54, 1.807) is 0 Å². The maximum absolute atomic E-state index is 10.3. The van der Waals surface area contributed by atoms with Crippen molar-refractivity contribution in [1.29, 1.82) is 0 Å². The Morgan fingerprint density at radius 3 is 0.446 bits per heavy atom. The molecule has 0 atom stereocenters. The molecule has 0 spiro atoms. The Balaban J connectivity index is 3.08. The van der Waals surface area contributed by atoms with Gasteiger partial charge in [0.25, 0.3) is 0 Å². The van der Waals surface area contributed by atoms with Crippen LogP contribution in [0.25, 0.3) is 0 Å². The van der Waals surface area contributed by atoms with Gasteiger partial charge in [-0.2, -0.15) is 0 Å². The average molecular weight is 1210 g/mol. The van der Waals surface area contributed by atoms with Crippen LogP contribution in [0.2, 0.25) is 0 Å². The highest BCUT2D eigenvalue weighted by Crippen LogP contribution is 2.14. The molecule has 0 aliphatic carbocycles. The summed E-state index contributed by atoms with van der Waals surface area (Å²) in [5.74, 6) is -1.000. The van der Waals surface area contributed by atoms with Gasteiger partial charge in [-0.3, -0.25) is 0 Å². The van der Waals surface area contributed by atoms with Gasteiger partial charge >= 0.3 is 5.97 Å². The fraction of sp³-hybridized carbons (Fsp3) is 0.983. The van der Waals surface area contributed by atoms with Crippen LogP contribution in [0.3, 0.4) is 0 Å². The van der Waals surface area contributed by atoms with E-state index in [0.29, 0.717) is 258 Å². The largest absolute Gasteiger partial charge is 0.480 e. The molecule has 83 heavy (non-hydrogen) atoms. The molecule has 0 rings (SSSR count). The van der Waals surface area contributed by atoms with Crippen molar-refractivity contribution in [2.45, 2.75) is 110 Å². The highest BCUT2D eigenvalue weighted by atomic mass is 16.6. The lowest BCUT2D eigenvalue weighted by Crippen LogP contribution is -2.16. The third kappa shape index (κ3) is 80.6. The molecule has 23 nitrogen and oxygen atoms in total. The van der Waals surface area contributed by atoms with Crippen LogP contribution in [0.5, 0.6) is 0 Å². The van der Waals surface area contributed by atoms with Crippen molar-refractivity contribution in [3.8, 4) is 0 Å². The van der Waals surface area contributed by atoms with E-state index in [1.165, 1.54) is 96.3 Å². The van der Waals surface area contributed by atoms with Crippen LogP contribution >= 0.6 is 0 Å².